The van der Waals surface area contributed by atoms with Crippen molar-refractivity contribution in [3.05, 3.63) is 135 Å². The van der Waals surface area contributed by atoms with Gasteiger partial charge in [-0.15, -0.1) is 0 Å². The van der Waals surface area contributed by atoms with Gasteiger partial charge in [0.15, 0.2) is 0 Å². The highest BCUT2D eigenvalue weighted by atomic mass is 14.7. The van der Waals surface area contributed by atoms with Gasteiger partial charge >= 0.3 is 0 Å². The van der Waals surface area contributed by atoms with Crippen LogP contribution in [0.15, 0.2) is 84.9 Å². The van der Waals surface area contributed by atoms with Gasteiger partial charge < -0.3 is 0 Å². The summed E-state index contributed by atoms with van der Waals surface area (Å²) in [5, 5.41) is 0. The summed E-state index contributed by atoms with van der Waals surface area (Å²) in [4.78, 5) is 4.17. The van der Waals surface area contributed by atoms with Crippen molar-refractivity contribution in [1.29, 1.82) is 0 Å². The van der Waals surface area contributed by atoms with Crippen molar-refractivity contribution < 1.29 is 0 Å². The van der Waals surface area contributed by atoms with Crippen LogP contribution in [0.1, 0.15) is 50.3 Å². The maximum Gasteiger partial charge on any atom is 0.0375 e. The molecule has 0 aliphatic rings. The Morgan fingerprint density at radius 2 is 0.697 bits per heavy atom. The molecule has 0 radical (unpaired) electrons. The Hall–Kier alpha value is -3.19. The number of nitrogens with zero attached hydrogens (tertiary/aromatic N) is 1. The van der Waals surface area contributed by atoms with Gasteiger partial charge in [0.05, 0.1) is 0 Å². The van der Waals surface area contributed by atoms with Crippen molar-refractivity contribution in [2.45, 2.75) is 62.3 Å². The van der Waals surface area contributed by atoms with Gasteiger partial charge in [-0.05, 0) is 85.6 Å². The highest BCUT2D eigenvalue weighted by Gasteiger charge is 1.87. The lowest BCUT2D eigenvalue weighted by Crippen LogP contribution is -1.81. The minimum absolute atomic E-state index is 1.09. The van der Waals surface area contributed by atoms with Crippen LogP contribution in [0, 0.1) is 62.3 Å². The molecule has 0 saturated carbocycles. The number of rotatable bonds is 0. The lowest BCUT2D eigenvalue weighted by atomic mass is 10.1. The minimum atomic E-state index is 1.09. The molecule has 3 aromatic carbocycles. The van der Waals surface area contributed by atoms with Crippen LogP contribution in [-0.4, -0.2) is 4.98 Å². The van der Waals surface area contributed by atoms with E-state index in [0.29, 0.717) is 0 Å². The summed E-state index contributed by atoms with van der Waals surface area (Å²) >= 11 is 0. The smallest absolute Gasteiger partial charge is 0.0375 e. The van der Waals surface area contributed by atoms with Gasteiger partial charge in [-0.3, -0.25) is 4.98 Å². The molecule has 0 aliphatic carbocycles. The van der Waals surface area contributed by atoms with E-state index >= 15 is 0 Å². The van der Waals surface area contributed by atoms with Crippen molar-refractivity contribution in [2.24, 2.45) is 0 Å². The topological polar surface area (TPSA) is 12.9 Å². The third-order valence-electron chi connectivity index (χ3n) is 4.99. The van der Waals surface area contributed by atoms with E-state index in [2.05, 4.69) is 120 Å². The molecular formula is C32H41N. The normalized spacial score (nSPS) is 9.36. The number of hydrogen-bond donors (Lipinski definition) is 0. The largest absolute Gasteiger partial charge is 0.258 e. The summed E-state index contributed by atoms with van der Waals surface area (Å²) in [6.07, 6.45) is 0. The van der Waals surface area contributed by atoms with Crippen molar-refractivity contribution in [3.63, 3.8) is 0 Å². The summed E-state index contributed by atoms with van der Waals surface area (Å²) in [6.45, 7) is 18.8. The monoisotopic (exact) mass is 439 g/mol. The molecule has 0 spiro atoms. The second-order valence-corrected chi connectivity index (χ2v) is 8.83. The average Bonchev–Trinajstić information content (AvgIpc) is 2.70. The molecule has 1 aromatic heterocycles. The number of aryl methyl sites for hydroxylation is 9. The van der Waals surface area contributed by atoms with Crippen LogP contribution in [0.4, 0.5) is 0 Å². The summed E-state index contributed by atoms with van der Waals surface area (Å²) in [7, 11) is 0. The summed E-state index contributed by atoms with van der Waals surface area (Å²) in [6, 6.07) is 29.4. The fourth-order valence-electron chi connectivity index (χ4n) is 3.35. The van der Waals surface area contributed by atoms with Crippen LogP contribution < -0.4 is 0 Å². The van der Waals surface area contributed by atoms with E-state index in [1.54, 1.807) is 0 Å². The molecule has 0 fully saturated rings. The van der Waals surface area contributed by atoms with E-state index in [0.717, 1.165) is 11.4 Å². The molecule has 0 atom stereocenters. The second-order valence-electron chi connectivity index (χ2n) is 8.83. The predicted octanol–water partition coefficient (Wildman–Crippen LogP) is 8.92. The maximum absolute atomic E-state index is 4.17. The van der Waals surface area contributed by atoms with Gasteiger partial charge in [0.25, 0.3) is 0 Å². The zero-order valence-corrected chi connectivity index (χ0v) is 22.0. The molecule has 0 amide bonds. The fraction of sp³-hybridized carbons (Fsp3) is 0.281. The number of pyridine rings is 1. The van der Waals surface area contributed by atoms with Crippen LogP contribution >= 0.6 is 0 Å². The summed E-state index contributed by atoms with van der Waals surface area (Å²) in [5.41, 5.74) is 11.7. The summed E-state index contributed by atoms with van der Waals surface area (Å²) < 4.78 is 0. The number of aromatic nitrogens is 1. The predicted molar refractivity (Wildman–Crippen MR) is 146 cm³/mol. The number of benzene rings is 3. The summed E-state index contributed by atoms with van der Waals surface area (Å²) in [5.74, 6) is 0. The highest BCUT2D eigenvalue weighted by molar-refractivity contribution is 5.27. The van der Waals surface area contributed by atoms with E-state index in [1.807, 2.05) is 32.0 Å². The van der Waals surface area contributed by atoms with E-state index in [-0.39, 0.29) is 0 Å². The first-order valence-corrected chi connectivity index (χ1v) is 11.6. The maximum atomic E-state index is 4.17. The first-order valence-electron chi connectivity index (χ1n) is 11.6. The second kappa shape index (κ2) is 14.8. The van der Waals surface area contributed by atoms with Crippen molar-refractivity contribution >= 4 is 0 Å². The van der Waals surface area contributed by atoms with Gasteiger partial charge in [0.1, 0.15) is 0 Å². The third-order valence-corrected chi connectivity index (χ3v) is 4.99. The van der Waals surface area contributed by atoms with Crippen LogP contribution in [-0.2, 0) is 0 Å². The van der Waals surface area contributed by atoms with Crippen LogP contribution in [0.3, 0.4) is 0 Å². The molecule has 1 nitrogen and oxygen atoms in total. The molecule has 0 unspecified atom stereocenters. The standard InChI is InChI=1S/C9H12.2C8H10.C7H9N/c1-7-4-8(2)6-9(3)5-7;1-7-4-3-5-8(2)6-7;1-7-5-3-4-6-8(7)2;1-6-4-3-5-7(2)8-6/h4-6H,1-3H3;2*3-6H,1-2H3;3-5H,1-2H3. The molecule has 4 rings (SSSR count). The van der Waals surface area contributed by atoms with Gasteiger partial charge in [-0.25, -0.2) is 0 Å². The molecule has 1 heterocycles. The molecule has 1 heteroatoms. The molecule has 174 valence electrons. The molecular weight excluding hydrogens is 398 g/mol. The first kappa shape index (κ1) is 27.8. The Morgan fingerprint density at radius 3 is 0.939 bits per heavy atom. The van der Waals surface area contributed by atoms with E-state index in [4.69, 9.17) is 0 Å². The Labute approximate surface area is 202 Å². The van der Waals surface area contributed by atoms with Crippen molar-refractivity contribution in [3.8, 4) is 0 Å². The molecule has 0 bridgehead atoms. The van der Waals surface area contributed by atoms with Crippen LogP contribution in [0.25, 0.3) is 0 Å². The quantitative estimate of drug-likeness (QED) is 0.266. The lowest BCUT2D eigenvalue weighted by Gasteiger charge is -1.96. The highest BCUT2D eigenvalue weighted by Crippen LogP contribution is 2.06. The Morgan fingerprint density at radius 1 is 0.364 bits per heavy atom. The average molecular weight is 440 g/mol. The van der Waals surface area contributed by atoms with Crippen molar-refractivity contribution in [2.75, 3.05) is 0 Å². The lowest BCUT2D eigenvalue weighted by molar-refractivity contribution is 1.12. The zero-order valence-electron chi connectivity index (χ0n) is 22.0. The fourth-order valence-corrected chi connectivity index (χ4v) is 3.35. The third kappa shape index (κ3) is 13.1. The van der Waals surface area contributed by atoms with Gasteiger partial charge in [0.2, 0.25) is 0 Å². The van der Waals surface area contributed by atoms with Crippen LogP contribution in [0.5, 0.6) is 0 Å². The molecule has 4 aromatic rings. The van der Waals surface area contributed by atoms with Crippen LogP contribution in [0.2, 0.25) is 0 Å². The van der Waals surface area contributed by atoms with E-state index in [9.17, 15) is 0 Å². The van der Waals surface area contributed by atoms with Gasteiger partial charge in [-0.2, -0.15) is 0 Å². The molecule has 33 heavy (non-hydrogen) atoms. The Bertz CT molecular complexity index is 959. The number of hydrogen-bond acceptors (Lipinski definition) is 1. The molecule has 0 N–H and O–H groups in total. The Kier molecular flexibility index (Phi) is 12.5. The van der Waals surface area contributed by atoms with Gasteiger partial charge in [0, 0.05) is 11.4 Å². The molecule has 0 aliphatic heterocycles. The zero-order chi connectivity index (χ0) is 24.8. The van der Waals surface area contributed by atoms with E-state index < -0.39 is 0 Å². The van der Waals surface area contributed by atoms with Crippen molar-refractivity contribution in [1.82, 2.24) is 4.98 Å². The molecule has 0 saturated heterocycles. The first-order chi connectivity index (χ1) is 15.6. The Balaban J connectivity index is 0.000000220. The van der Waals surface area contributed by atoms with E-state index in [1.165, 1.54) is 38.9 Å². The van der Waals surface area contributed by atoms with Gasteiger partial charge in [-0.1, -0.05) is 101 Å². The minimum Gasteiger partial charge on any atom is -0.258 e. The SMILES string of the molecule is Cc1cc(C)cc(C)c1.Cc1cccc(C)c1.Cc1cccc(C)n1.Cc1ccccc1C.